The number of aliphatic carboxylic acids is 1. The smallest absolute Gasteiger partial charge is 0.182 e. The first kappa shape index (κ1) is 20.1. The molecule has 0 bridgehead atoms. The molecule has 0 aromatic carbocycles. The van der Waals surface area contributed by atoms with Crippen LogP contribution in [-0.4, -0.2) is 53.6 Å². The van der Waals surface area contributed by atoms with Gasteiger partial charge in [-0.05, 0) is 20.3 Å². The number of likely N-dealkylation sites (N-methyl/N-ethyl adjacent to an activating group) is 1. The van der Waals surface area contributed by atoms with Gasteiger partial charge in [0.1, 0.15) is 5.54 Å². The number of carbonyl (C=O) groups is 2. The highest BCUT2D eigenvalue weighted by atomic mass is 16.4. The van der Waals surface area contributed by atoms with E-state index in [1.54, 1.807) is 13.8 Å². The van der Waals surface area contributed by atoms with Crippen molar-refractivity contribution in [3.63, 3.8) is 0 Å². The highest BCUT2D eigenvalue weighted by Gasteiger charge is 2.56. The molecule has 0 aliphatic rings. The zero-order chi connectivity index (χ0) is 16.9. The van der Waals surface area contributed by atoms with Crippen LogP contribution >= 0.6 is 0 Å². The van der Waals surface area contributed by atoms with E-state index in [-0.39, 0.29) is 10.9 Å². The summed E-state index contributed by atoms with van der Waals surface area (Å²) in [5.74, 6) is -1.80. The summed E-state index contributed by atoms with van der Waals surface area (Å²) in [5, 5.41) is 21.9. The summed E-state index contributed by atoms with van der Waals surface area (Å²) in [6, 6.07) is 0. The zero-order valence-electron chi connectivity index (χ0n) is 14.4. The van der Waals surface area contributed by atoms with Gasteiger partial charge >= 0.3 is 0 Å². The molecule has 1 unspecified atom stereocenters. The summed E-state index contributed by atoms with van der Waals surface area (Å²) in [4.78, 5) is 23.5. The standard InChI is InChI=1S/C16H31NO4/c1-7-8-9-10-11-13(18)16(21,12-14(19)20)15(2,3)17(4,5)6/h21H,7-12H2,1-6H3. The Bertz CT molecular complexity index is 371. The van der Waals surface area contributed by atoms with Crippen LogP contribution in [0.1, 0.15) is 59.3 Å². The maximum atomic E-state index is 12.5. The lowest BCUT2D eigenvalue weighted by Gasteiger charge is -2.50. The van der Waals surface area contributed by atoms with Gasteiger partial charge in [0.05, 0.1) is 21.1 Å². The van der Waals surface area contributed by atoms with Crippen molar-refractivity contribution in [1.29, 1.82) is 0 Å². The van der Waals surface area contributed by atoms with Crippen molar-refractivity contribution in [3.05, 3.63) is 0 Å². The maximum Gasteiger partial charge on any atom is 0.182 e. The van der Waals surface area contributed by atoms with Gasteiger partial charge in [-0.3, -0.25) is 4.79 Å². The molecule has 0 aliphatic carbocycles. The quantitative estimate of drug-likeness (QED) is 0.480. The number of rotatable bonds is 10. The second-order valence-corrected chi connectivity index (χ2v) is 7.21. The van der Waals surface area contributed by atoms with E-state index in [0.717, 1.165) is 19.3 Å². The van der Waals surface area contributed by atoms with Gasteiger partial charge in [0.25, 0.3) is 0 Å². The van der Waals surface area contributed by atoms with E-state index in [4.69, 9.17) is 0 Å². The number of carbonyl (C=O) groups excluding carboxylic acids is 2. The van der Waals surface area contributed by atoms with Crippen molar-refractivity contribution in [3.8, 4) is 0 Å². The second kappa shape index (κ2) is 7.36. The predicted molar refractivity (Wildman–Crippen MR) is 80.5 cm³/mol. The second-order valence-electron chi connectivity index (χ2n) is 7.21. The molecular weight excluding hydrogens is 270 g/mol. The molecule has 0 fully saturated rings. The average Bonchev–Trinajstić information content (AvgIpc) is 2.31. The molecular formula is C16H31NO4. The van der Waals surface area contributed by atoms with Crippen molar-refractivity contribution < 1.29 is 24.3 Å². The molecule has 0 rings (SSSR count). The lowest BCUT2D eigenvalue weighted by molar-refractivity contribution is -0.926. The maximum absolute atomic E-state index is 12.5. The van der Waals surface area contributed by atoms with Crippen molar-refractivity contribution in [2.75, 3.05) is 21.1 Å². The van der Waals surface area contributed by atoms with Gasteiger partial charge in [-0.15, -0.1) is 0 Å². The minimum absolute atomic E-state index is 0.202. The first-order valence-corrected chi connectivity index (χ1v) is 7.67. The SMILES string of the molecule is CCCCCCC(=O)C(O)(CC(=O)[O-])C(C)(C)[N+](C)(C)C. The highest BCUT2D eigenvalue weighted by molar-refractivity contribution is 5.91. The number of hydrogen-bond acceptors (Lipinski definition) is 4. The lowest BCUT2D eigenvalue weighted by atomic mass is 9.73. The van der Waals surface area contributed by atoms with E-state index in [0.29, 0.717) is 6.42 Å². The van der Waals surface area contributed by atoms with E-state index in [1.165, 1.54) is 0 Å². The number of unbranched alkanes of at least 4 members (excludes halogenated alkanes) is 3. The van der Waals surface area contributed by atoms with Crippen LogP contribution in [0.15, 0.2) is 0 Å². The van der Waals surface area contributed by atoms with E-state index in [9.17, 15) is 19.8 Å². The number of Topliss-reactive ketones (excluding diaryl/α,β-unsaturated/α-hetero) is 1. The normalized spacial score (nSPS) is 15.6. The summed E-state index contributed by atoms with van der Waals surface area (Å²) in [6.07, 6.45) is 3.21. The molecule has 0 radical (unpaired) electrons. The van der Waals surface area contributed by atoms with Crippen LogP contribution in [0.4, 0.5) is 0 Å². The number of carboxylic acids is 1. The first-order chi connectivity index (χ1) is 9.40. The van der Waals surface area contributed by atoms with Gasteiger partial charge in [0.15, 0.2) is 11.4 Å². The van der Waals surface area contributed by atoms with Crippen molar-refractivity contribution >= 4 is 11.8 Å². The Labute approximate surface area is 128 Å². The predicted octanol–water partition coefficient (Wildman–Crippen LogP) is 0.882. The number of quaternary nitrogens is 1. The summed E-state index contributed by atoms with van der Waals surface area (Å²) < 4.78 is 0.275. The third-order valence-electron chi connectivity index (χ3n) is 4.81. The molecule has 0 aromatic heterocycles. The van der Waals surface area contributed by atoms with E-state index in [1.807, 2.05) is 21.1 Å². The van der Waals surface area contributed by atoms with Crippen molar-refractivity contribution in [2.45, 2.75) is 70.4 Å². The molecule has 1 atom stereocenters. The van der Waals surface area contributed by atoms with Crippen LogP contribution in [0.5, 0.6) is 0 Å². The van der Waals surface area contributed by atoms with E-state index >= 15 is 0 Å². The van der Waals surface area contributed by atoms with Crippen LogP contribution in [0.2, 0.25) is 0 Å². The Morgan fingerprint density at radius 1 is 1.10 bits per heavy atom. The number of nitrogens with zero attached hydrogens (tertiary/aromatic N) is 1. The number of hydrogen-bond donors (Lipinski definition) is 1. The molecule has 0 amide bonds. The minimum atomic E-state index is -1.92. The topological polar surface area (TPSA) is 77.4 Å². The lowest BCUT2D eigenvalue weighted by Crippen LogP contribution is -2.70. The molecule has 5 nitrogen and oxygen atoms in total. The molecule has 1 N–H and O–H groups in total. The van der Waals surface area contributed by atoms with Crippen LogP contribution in [0.3, 0.4) is 0 Å². The Balaban J connectivity index is 5.26. The monoisotopic (exact) mass is 301 g/mol. The van der Waals surface area contributed by atoms with Crippen LogP contribution in [0.25, 0.3) is 0 Å². The molecule has 0 aromatic rings. The van der Waals surface area contributed by atoms with Crippen LogP contribution in [0, 0.1) is 0 Å². The van der Waals surface area contributed by atoms with Crippen molar-refractivity contribution in [1.82, 2.24) is 0 Å². The fourth-order valence-electron chi connectivity index (χ4n) is 2.34. The molecule has 0 heterocycles. The summed E-state index contributed by atoms with van der Waals surface area (Å²) >= 11 is 0. The Morgan fingerprint density at radius 2 is 1.62 bits per heavy atom. The van der Waals surface area contributed by atoms with Crippen molar-refractivity contribution in [2.24, 2.45) is 0 Å². The summed E-state index contributed by atoms with van der Waals surface area (Å²) in [6.45, 7) is 5.52. The van der Waals surface area contributed by atoms with Gasteiger partial charge in [-0.2, -0.15) is 0 Å². The van der Waals surface area contributed by atoms with E-state index in [2.05, 4.69) is 6.92 Å². The molecule has 5 heteroatoms. The minimum Gasteiger partial charge on any atom is -0.550 e. The van der Waals surface area contributed by atoms with Gasteiger partial charge in [-0.1, -0.05) is 26.2 Å². The third-order valence-corrected chi connectivity index (χ3v) is 4.81. The molecule has 0 saturated heterocycles. The fraction of sp³-hybridized carbons (Fsp3) is 0.875. The molecule has 0 saturated carbocycles. The fourth-order valence-corrected chi connectivity index (χ4v) is 2.34. The van der Waals surface area contributed by atoms with Crippen LogP contribution in [-0.2, 0) is 9.59 Å². The highest BCUT2D eigenvalue weighted by Crippen LogP contribution is 2.35. The first-order valence-electron chi connectivity index (χ1n) is 7.67. The molecule has 0 aliphatic heterocycles. The Kier molecular flexibility index (Phi) is 7.03. The largest absolute Gasteiger partial charge is 0.550 e. The zero-order valence-corrected chi connectivity index (χ0v) is 14.4. The molecule has 21 heavy (non-hydrogen) atoms. The van der Waals surface area contributed by atoms with Gasteiger partial charge in [0.2, 0.25) is 0 Å². The molecule has 124 valence electrons. The Hall–Kier alpha value is -0.940. The van der Waals surface area contributed by atoms with Gasteiger partial charge in [0, 0.05) is 18.8 Å². The molecule has 0 spiro atoms. The average molecular weight is 301 g/mol. The van der Waals surface area contributed by atoms with Gasteiger partial charge in [-0.25, -0.2) is 0 Å². The van der Waals surface area contributed by atoms with E-state index < -0.39 is 29.3 Å². The third kappa shape index (κ3) is 4.78. The summed E-state index contributed by atoms with van der Waals surface area (Å²) in [7, 11) is 5.51. The van der Waals surface area contributed by atoms with Gasteiger partial charge < -0.3 is 19.5 Å². The van der Waals surface area contributed by atoms with Crippen LogP contribution < -0.4 is 5.11 Å². The number of carboxylic acid groups (broad SMARTS) is 1. The Morgan fingerprint density at radius 3 is 2.00 bits per heavy atom. The summed E-state index contributed by atoms with van der Waals surface area (Å²) in [5.41, 5.74) is -2.86. The number of ketones is 1. The number of aliphatic hydroxyl groups is 1.